The smallest absolute Gasteiger partial charge is 0.243 e. The highest BCUT2D eigenvalue weighted by Gasteiger charge is 2.27. The number of anilines is 1. The fraction of sp³-hybridized carbons (Fsp3) is 0.533. The molecule has 1 amide bonds. The maximum atomic E-state index is 13.9. The molecule has 0 spiro atoms. The van der Waals surface area contributed by atoms with Crippen LogP contribution in [0.15, 0.2) is 23.1 Å². The van der Waals surface area contributed by atoms with Crippen LogP contribution in [0, 0.1) is 11.7 Å². The molecule has 0 saturated carbocycles. The van der Waals surface area contributed by atoms with Crippen LogP contribution in [-0.2, 0) is 19.6 Å². The molecule has 0 bridgehead atoms. The third kappa shape index (κ3) is 4.07. The van der Waals surface area contributed by atoms with E-state index >= 15 is 0 Å². The summed E-state index contributed by atoms with van der Waals surface area (Å²) in [6.07, 6.45) is 0.610. The van der Waals surface area contributed by atoms with Gasteiger partial charge in [-0.2, -0.15) is 4.31 Å². The summed E-state index contributed by atoms with van der Waals surface area (Å²) in [5.74, 6) is -1.29. The van der Waals surface area contributed by atoms with E-state index in [1.54, 1.807) is 6.92 Å². The lowest BCUT2D eigenvalue weighted by atomic mass is 10.1. The molecular weight excluding hydrogens is 323 g/mol. The molecule has 0 unspecified atom stereocenters. The van der Waals surface area contributed by atoms with Crippen molar-refractivity contribution in [2.45, 2.75) is 25.2 Å². The Hall–Kier alpha value is -1.51. The first-order valence-corrected chi connectivity index (χ1v) is 8.98. The van der Waals surface area contributed by atoms with Crippen LogP contribution in [0.5, 0.6) is 0 Å². The van der Waals surface area contributed by atoms with E-state index in [0.29, 0.717) is 19.6 Å². The van der Waals surface area contributed by atoms with Crippen molar-refractivity contribution in [3.05, 3.63) is 24.0 Å². The Kier molecular flexibility index (Phi) is 5.72. The van der Waals surface area contributed by atoms with Crippen LogP contribution in [-0.4, -0.2) is 44.9 Å². The van der Waals surface area contributed by atoms with Gasteiger partial charge in [0.2, 0.25) is 15.9 Å². The van der Waals surface area contributed by atoms with Gasteiger partial charge in [0.1, 0.15) is 5.82 Å². The molecule has 1 heterocycles. The second-order valence-corrected chi connectivity index (χ2v) is 7.39. The van der Waals surface area contributed by atoms with Gasteiger partial charge in [-0.25, -0.2) is 12.8 Å². The lowest BCUT2D eigenvalue weighted by Crippen LogP contribution is -2.40. The second-order valence-electron chi connectivity index (χ2n) is 5.46. The Morgan fingerprint density at radius 2 is 2.04 bits per heavy atom. The van der Waals surface area contributed by atoms with Crippen LogP contribution >= 0.6 is 0 Å². The molecule has 128 valence electrons. The SMILES string of the molecule is CC[C@H](C)C(=O)Nc1cc(S(=O)(=O)N2CCOCC2)ccc1F. The monoisotopic (exact) mass is 344 g/mol. The largest absolute Gasteiger partial charge is 0.379 e. The van der Waals surface area contributed by atoms with Crippen LogP contribution in [0.3, 0.4) is 0 Å². The van der Waals surface area contributed by atoms with Crippen molar-refractivity contribution in [2.24, 2.45) is 5.92 Å². The zero-order chi connectivity index (χ0) is 17.0. The quantitative estimate of drug-likeness (QED) is 0.884. The first-order chi connectivity index (χ1) is 10.9. The number of ether oxygens (including phenoxy) is 1. The highest BCUT2D eigenvalue weighted by atomic mass is 32.2. The van der Waals surface area contributed by atoms with Crippen molar-refractivity contribution in [2.75, 3.05) is 31.6 Å². The van der Waals surface area contributed by atoms with E-state index < -0.39 is 15.8 Å². The van der Waals surface area contributed by atoms with E-state index in [-0.39, 0.29) is 35.5 Å². The molecule has 0 aliphatic carbocycles. The molecule has 1 aliphatic heterocycles. The number of halogens is 1. The summed E-state index contributed by atoms with van der Waals surface area (Å²) in [6, 6.07) is 3.43. The maximum absolute atomic E-state index is 13.9. The molecule has 0 aromatic heterocycles. The van der Waals surface area contributed by atoms with Gasteiger partial charge in [-0.05, 0) is 24.6 Å². The average molecular weight is 344 g/mol. The number of amides is 1. The summed E-state index contributed by atoms with van der Waals surface area (Å²) in [7, 11) is -3.73. The van der Waals surface area contributed by atoms with E-state index in [2.05, 4.69) is 5.32 Å². The standard InChI is InChI=1S/C15H21FN2O4S/c1-3-11(2)15(19)17-14-10-12(4-5-13(14)16)23(20,21)18-6-8-22-9-7-18/h4-5,10-11H,3,6-9H2,1-2H3,(H,17,19)/t11-/m0/s1. The summed E-state index contributed by atoms with van der Waals surface area (Å²) in [4.78, 5) is 11.9. The van der Waals surface area contributed by atoms with Gasteiger partial charge in [0, 0.05) is 19.0 Å². The van der Waals surface area contributed by atoms with Gasteiger partial charge in [0.05, 0.1) is 23.8 Å². The molecule has 1 fully saturated rings. The summed E-state index contributed by atoms with van der Waals surface area (Å²) < 4.78 is 45.4. The number of nitrogens with zero attached hydrogens (tertiary/aromatic N) is 1. The number of carbonyl (C=O) groups is 1. The fourth-order valence-electron chi connectivity index (χ4n) is 2.14. The Balaban J connectivity index is 2.27. The van der Waals surface area contributed by atoms with Crippen LogP contribution in [0.1, 0.15) is 20.3 Å². The van der Waals surface area contributed by atoms with E-state index in [9.17, 15) is 17.6 Å². The van der Waals surface area contributed by atoms with Crippen molar-refractivity contribution in [1.82, 2.24) is 4.31 Å². The molecule has 1 aliphatic rings. The minimum atomic E-state index is -3.73. The number of rotatable bonds is 5. The second kappa shape index (κ2) is 7.37. The lowest BCUT2D eigenvalue weighted by molar-refractivity contribution is -0.119. The zero-order valence-corrected chi connectivity index (χ0v) is 14.0. The van der Waals surface area contributed by atoms with E-state index in [0.717, 1.165) is 6.07 Å². The minimum absolute atomic E-state index is 0.0414. The minimum Gasteiger partial charge on any atom is -0.379 e. The van der Waals surface area contributed by atoms with Gasteiger partial charge in [-0.15, -0.1) is 0 Å². The number of nitrogens with one attached hydrogen (secondary N) is 1. The number of carbonyl (C=O) groups excluding carboxylic acids is 1. The Morgan fingerprint density at radius 3 is 2.65 bits per heavy atom. The first-order valence-electron chi connectivity index (χ1n) is 7.54. The normalized spacial score (nSPS) is 17.7. The van der Waals surface area contributed by atoms with Gasteiger partial charge < -0.3 is 10.1 Å². The fourth-order valence-corrected chi connectivity index (χ4v) is 3.57. The topological polar surface area (TPSA) is 75.7 Å². The Morgan fingerprint density at radius 1 is 1.39 bits per heavy atom. The maximum Gasteiger partial charge on any atom is 0.243 e. The molecule has 6 nitrogen and oxygen atoms in total. The Labute approximate surface area is 135 Å². The predicted octanol–water partition coefficient (Wildman–Crippen LogP) is 1.83. The third-order valence-corrected chi connectivity index (χ3v) is 5.76. The van der Waals surface area contributed by atoms with E-state index in [4.69, 9.17) is 4.74 Å². The summed E-state index contributed by atoms with van der Waals surface area (Å²) >= 11 is 0. The van der Waals surface area contributed by atoms with Crippen LogP contribution < -0.4 is 5.32 Å². The summed E-state index contributed by atoms with van der Waals surface area (Å²) in [5.41, 5.74) is -0.121. The van der Waals surface area contributed by atoms with Crippen molar-refractivity contribution in [3.63, 3.8) is 0 Å². The molecular formula is C15H21FN2O4S. The van der Waals surface area contributed by atoms with Gasteiger partial charge in [-0.1, -0.05) is 13.8 Å². The number of hydrogen-bond acceptors (Lipinski definition) is 4. The lowest BCUT2D eigenvalue weighted by Gasteiger charge is -2.26. The van der Waals surface area contributed by atoms with Gasteiger partial charge in [-0.3, -0.25) is 4.79 Å². The molecule has 1 aromatic carbocycles. The predicted molar refractivity (Wildman–Crippen MR) is 84.1 cm³/mol. The molecule has 8 heteroatoms. The molecule has 1 atom stereocenters. The third-order valence-electron chi connectivity index (χ3n) is 3.86. The average Bonchev–Trinajstić information content (AvgIpc) is 2.56. The molecule has 0 radical (unpaired) electrons. The van der Waals surface area contributed by atoms with E-state index in [1.165, 1.54) is 16.4 Å². The van der Waals surface area contributed by atoms with Crippen molar-refractivity contribution < 1.29 is 22.3 Å². The summed E-state index contributed by atoms with van der Waals surface area (Å²) in [5, 5.41) is 2.45. The van der Waals surface area contributed by atoms with Gasteiger partial charge in [0.15, 0.2) is 0 Å². The van der Waals surface area contributed by atoms with Crippen molar-refractivity contribution in [1.29, 1.82) is 0 Å². The van der Waals surface area contributed by atoms with Crippen molar-refractivity contribution in [3.8, 4) is 0 Å². The molecule has 1 saturated heterocycles. The number of hydrogen-bond donors (Lipinski definition) is 1. The molecule has 23 heavy (non-hydrogen) atoms. The number of morpholine rings is 1. The van der Waals surface area contributed by atoms with Crippen LogP contribution in [0.25, 0.3) is 0 Å². The van der Waals surface area contributed by atoms with Crippen LogP contribution in [0.4, 0.5) is 10.1 Å². The van der Waals surface area contributed by atoms with Gasteiger partial charge in [0.25, 0.3) is 0 Å². The van der Waals surface area contributed by atoms with Crippen molar-refractivity contribution >= 4 is 21.6 Å². The van der Waals surface area contributed by atoms with Gasteiger partial charge >= 0.3 is 0 Å². The summed E-state index contributed by atoms with van der Waals surface area (Å²) in [6.45, 7) is 4.75. The first kappa shape index (κ1) is 17.8. The molecule has 1 aromatic rings. The Bertz CT molecular complexity index is 672. The number of sulfonamides is 1. The van der Waals surface area contributed by atoms with E-state index in [1.807, 2.05) is 6.92 Å². The zero-order valence-electron chi connectivity index (χ0n) is 13.2. The van der Waals surface area contributed by atoms with Crippen LogP contribution in [0.2, 0.25) is 0 Å². The molecule has 1 N–H and O–H groups in total. The number of benzene rings is 1. The molecule has 2 rings (SSSR count). The highest BCUT2D eigenvalue weighted by molar-refractivity contribution is 7.89. The highest BCUT2D eigenvalue weighted by Crippen LogP contribution is 2.23.